The Morgan fingerprint density at radius 3 is 2.81 bits per heavy atom. The zero-order chi connectivity index (χ0) is 15.1. The van der Waals surface area contributed by atoms with Crippen molar-refractivity contribution in [2.75, 3.05) is 12.3 Å². The summed E-state index contributed by atoms with van der Waals surface area (Å²) < 4.78 is 2.07. The lowest BCUT2D eigenvalue weighted by atomic mass is 10.1. The molecule has 0 atom stereocenters. The Balaban J connectivity index is 1.71. The summed E-state index contributed by atoms with van der Waals surface area (Å²) in [7, 11) is 0. The quantitative estimate of drug-likeness (QED) is 0.800. The number of hydrogen-bond donors (Lipinski definition) is 1. The van der Waals surface area contributed by atoms with E-state index in [1.807, 2.05) is 24.4 Å². The topological polar surface area (TPSA) is 46.9 Å². The first-order valence-corrected chi connectivity index (χ1v) is 8.11. The van der Waals surface area contributed by atoms with E-state index in [0.717, 1.165) is 11.6 Å². The van der Waals surface area contributed by atoms with Crippen LogP contribution in [0.4, 0.5) is 0 Å². The number of rotatable bonds is 7. The minimum absolute atomic E-state index is 0.0502. The van der Waals surface area contributed by atoms with E-state index < -0.39 is 0 Å². The molecular weight excluding hydrogens is 282 g/mol. The molecule has 0 radical (unpaired) electrons. The molecule has 0 aliphatic carbocycles. The van der Waals surface area contributed by atoms with E-state index in [1.165, 1.54) is 17.3 Å². The van der Waals surface area contributed by atoms with Gasteiger partial charge in [-0.3, -0.25) is 4.79 Å². The second kappa shape index (κ2) is 7.88. The Morgan fingerprint density at radius 2 is 2.10 bits per heavy atom. The summed E-state index contributed by atoms with van der Waals surface area (Å²) in [5, 5.41) is 3.84. The molecule has 0 saturated heterocycles. The molecule has 1 heterocycles. The molecule has 21 heavy (non-hydrogen) atoms. The maximum Gasteiger partial charge on any atom is 0.230 e. The van der Waals surface area contributed by atoms with Gasteiger partial charge in [0.15, 0.2) is 5.16 Å². The van der Waals surface area contributed by atoms with E-state index in [-0.39, 0.29) is 5.91 Å². The molecule has 112 valence electrons. The Hall–Kier alpha value is -1.75. The zero-order valence-electron chi connectivity index (χ0n) is 12.5. The van der Waals surface area contributed by atoms with Gasteiger partial charge in [0.05, 0.1) is 5.75 Å². The Labute approximate surface area is 130 Å². The smallest absolute Gasteiger partial charge is 0.230 e. The number of nitrogens with zero attached hydrogens (tertiary/aromatic N) is 2. The first kappa shape index (κ1) is 15.6. The summed E-state index contributed by atoms with van der Waals surface area (Å²) in [6.07, 6.45) is 4.58. The van der Waals surface area contributed by atoms with Crippen LogP contribution in [0.1, 0.15) is 25.5 Å². The first-order chi connectivity index (χ1) is 10.2. The fourth-order valence-electron chi connectivity index (χ4n) is 1.98. The monoisotopic (exact) mass is 303 g/mol. The number of hydrogen-bond acceptors (Lipinski definition) is 3. The lowest BCUT2D eigenvalue weighted by molar-refractivity contribution is -0.118. The van der Waals surface area contributed by atoms with Gasteiger partial charge in [0.1, 0.15) is 0 Å². The van der Waals surface area contributed by atoms with Gasteiger partial charge in [0.2, 0.25) is 5.91 Å². The third-order valence-electron chi connectivity index (χ3n) is 3.10. The third-order valence-corrected chi connectivity index (χ3v) is 4.08. The minimum Gasteiger partial charge on any atom is -0.355 e. The lowest BCUT2D eigenvalue weighted by Crippen LogP contribution is -2.27. The highest BCUT2D eigenvalue weighted by molar-refractivity contribution is 7.99. The van der Waals surface area contributed by atoms with Gasteiger partial charge < -0.3 is 9.88 Å². The van der Waals surface area contributed by atoms with Crippen LogP contribution in [0.5, 0.6) is 0 Å². The molecule has 0 bridgehead atoms. The molecule has 1 aromatic carbocycles. The standard InChI is InChI=1S/C16H21N3OS/c1-13(2)19-11-10-18-16(19)21-12-15(20)17-9-8-14-6-4-3-5-7-14/h3-7,10-11,13H,8-9,12H2,1-2H3,(H,17,20). The molecular formula is C16H21N3OS. The summed E-state index contributed by atoms with van der Waals surface area (Å²) in [5.41, 5.74) is 1.24. The van der Waals surface area contributed by atoms with Crippen LogP contribution in [0.2, 0.25) is 0 Å². The minimum atomic E-state index is 0.0502. The molecule has 5 heteroatoms. The highest BCUT2D eigenvalue weighted by atomic mass is 32.2. The second-order valence-corrected chi connectivity index (χ2v) is 6.03. The molecule has 0 spiro atoms. The maximum absolute atomic E-state index is 11.8. The van der Waals surface area contributed by atoms with Crippen molar-refractivity contribution >= 4 is 17.7 Å². The lowest BCUT2D eigenvalue weighted by Gasteiger charge is -2.10. The number of aromatic nitrogens is 2. The van der Waals surface area contributed by atoms with Gasteiger partial charge in [-0.1, -0.05) is 42.1 Å². The van der Waals surface area contributed by atoms with Crippen molar-refractivity contribution in [2.45, 2.75) is 31.5 Å². The number of nitrogens with one attached hydrogen (secondary N) is 1. The van der Waals surface area contributed by atoms with E-state index in [0.29, 0.717) is 18.3 Å². The Kier molecular flexibility index (Phi) is 5.87. The van der Waals surface area contributed by atoms with Gasteiger partial charge >= 0.3 is 0 Å². The normalized spacial score (nSPS) is 10.8. The average Bonchev–Trinajstić information content (AvgIpc) is 2.95. The van der Waals surface area contributed by atoms with Crippen molar-refractivity contribution in [1.82, 2.24) is 14.9 Å². The molecule has 0 fully saturated rings. The van der Waals surface area contributed by atoms with Gasteiger partial charge in [-0.25, -0.2) is 4.98 Å². The van der Waals surface area contributed by atoms with Crippen LogP contribution in [-0.2, 0) is 11.2 Å². The zero-order valence-corrected chi connectivity index (χ0v) is 13.3. The van der Waals surface area contributed by atoms with E-state index in [4.69, 9.17) is 0 Å². The molecule has 1 aromatic heterocycles. The Bertz CT molecular complexity index is 566. The Morgan fingerprint density at radius 1 is 1.33 bits per heavy atom. The van der Waals surface area contributed by atoms with Gasteiger partial charge in [-0.15, -0.1) is 0 Å². The molecule has 1 N–H and O–H groups in total. The molecule has 1 amide bonds. The molecule has 2 aromatic rings. The van der Waals surface area contributed by atoms with Crippen LogP contribution in [0, 0.1) is 0 Å². The number of benzene rings is 1. The number of thioether (sulfide) groups is 1. The fourth-order valence-corrected chi connectivity index (χ4v) is 2.89. The van der Waals surface area contributed by atoms with E-state index in [1.54, 1.807) is 6.20 Å². The largest absolute Gasteiger partial charge is 0.355 e. The average molecular weight is 303 g/mol. The van der Waals surface area contributed by atoms with Crippen LogP contribution in [-0.4, -0.2) is 27.8 Å². The van der Waals surface area contributed by atoms with Crippen molar-refractivity contribution in [3.8, 4) is 0 Å². The molecule has 0 unspecified atom stereocenters. The maximum atomic E-state index is 11.8. The summed E-state index contributed by atoms with van der Waals surface area (Å²) >= 11 is 1.48. The predicted octanol–water partition coefficient (Wildman–Crippen LogP) is 2.92. The van der Waals surface area contributed by atoms with Crippen molar-refractivity contribution in [3.05, 3.63) is 48.3 Å². The SMILES string of the molecule is CC(C)n1ccnc1SCC(=O)NCCc1ccccc1. The summed E-state index contributed by atoms with van der Waals surface area (Å²) in [5.74, 6) is 0.452. The second-order valence-electron chi connectivity index (χ2n) is 5.09. The molecule has 0 aliphatic heterocycles. The number of carbonyl (C=O) groups excluding carboxylic acids is 1. The van der Waals surface area contributed by atoms with Gasteiger partial charge in [-0.05, 0) is 25.8 Å². The molecule has 4 nitrogen and oxygen atoms in total. The highest BCUT2D eigenvalue weighted by Crippen LogP contribution is 2.19. The predicted molar refractivity (Wildman–Crippen MR) is 86.5 cm³/mol. The van der Waals surface area contributed by atoms with Gasteiger partial charge in [-0.2, -0.15) is 0 Å². The molecule has 0 aliphatic rings. The van der Waals surface area contributed by atoms with E-state index in [9.17, 15) is 4.79 Å². The van der Waals surface area contributed by atoms with E-state index in [2.05, 4.69) is 40.8 Å². The van der Waals surface area contributed by atoms with Crippen molar-refractivity contribution < 1.29 is 4.79 Å². The highest BCUT2D eigenvalue weighted by Gasteiger charge is 2.09. The van der Waals surface area contributed by atoms with Gasteiger partial charge in [0, 0.05) is 25.0 Å². The third kappa shape index (κ3) is 4.93. The number of carbonyl (C=O) groups is 1. The van der Waals surface area contributed by atoms with E-state index >= 15 is 0 Å². The molecule has 0 saturated carbocycles. The number of imidazole rings is 1. The number of amides is 1. The van der Waals surface area contributed by atoms with Crippen molar-refractivity contribution in [2.24, 2.45) is 0 Å². The molecule has 2 rings (SSSR count). The van der Waals surface area contributed by atoms with Crippen LogP contribution in [0.15, 0.2) is 47.9 Å². The van der Waals surface area contributed by atoms with Crippen molar-refractivity contribution in [3.63, 3.8) is 0 Å². The summed E-state index contributed by atoms with van der Waals surface area (Å²) in [4.78, 5) is 16.1. The van der Waals surface area contributed by atoms with Crippen LogP contribution < -0.4 is 5.32 Å². The van der Waals surface area contributed by atoms with Crippen molar-refractivity contribution in [1.29, 1.82) is 0 Å². The van der Waals surface area contributed by atoms with Crippen LogP contribution in [0.3, 0.4) is 0 Å². The first-order valence-electron chi connectivity index (χ1n) is 7.13. The summed E-state index contributed by atoms with van der Waals surface area (Å²) in [6, 6.07) is 10.5. The van der Waals surface area contributed by atoms with Crippen LogP contribution in [0.25, 0.3) is 0 Å². The summed E-state index contributed by atoms with van der Waals surface area (Å²) in [6.45, 7) is 4.87. The fraction of sp³-hybridized carbons (Fsp3) is 0.375. The van der Waals surface area contributed by atoms with Gasteiger partial charge in [0.25, 0.3) is 0 Å². The van der Waals surface area contributed by atoms with Crippen LogP contribution >= 0.6 is 11.8 Å².